The summed E-state index contributed by atoms with van der Waals surface area (Å²) in [7, 11) is 0. The first kappa shape index (κ1) is 24.3. The molecule has 2 heterocycles. The Bertz CT molecular complexity index is 1060. The minimum Gasteiger partial charge on any atom is -0.490 e. The lowest BCUT2D eigenvalue weighted by Crippen LogP contribution is -2.36. The number of amides is 1. The number of aromatic nitrogens is 3. The van der Waals surface area contributed by atoms with Gasteiger partial charge in [-0.2, -0.15) is 4.98 Å². The van der Waals surface area contributed by atoms with Crippen LogP contribution in [0.15, 0.2) is 35.0 Å². The molecule has 176 valence electrons. The number of pyridine rings is 1. The van der Waals surface area contributed by atoms with Gasteiger partial charge in [0.25, 0.3) is 5.89 Å². The Morgan fingerprint density at radius 1 is 1.18 bits per heavy atom. The number of nitrogens with zero attached hydrogens (tertiary/aromatic N) is 3. The molecule has 0 bridgehead atoms. The van der Waals surface area contributed by atoms with Crippen molar-refractivity contribution in [3.05, 3.63) is 47.3 Å². The molecule has 0 aliphatic rings. The quantitative estimate of drug-likeness (QED) is 0.426. The van der Waals surface area contributed by atoms with E-state index in [-0.39, 0.29) is 13.2 Å². The molecule has 33 heavy (non-hydrogen) atoms. The second-order valence-electron chi connectivity index (χ2n) is 8.43. The van der Waals surface area contributed by atoms with Crippen molar-refractivity contribution in [3.63, 3.8) is 0 Å². The van der Waals surface area contributed by atoms with Crippen LogP contribution in [0, 0.1) is 19.8 Å². The molecule has 0 saturated heterocycles. The van der Waals surface area contributed by atoms with E-state index in [1.165, 1.54) is 0 Å². The lowest BCUT2D eigenvalue weighted by Gasteiger charge is -2.16. The van der Waals surface area contributed by atoms with Gasteiger partial charge in [-0.15, -0.1) is 0 Å². The van der Waals surface area contributed by atoms with Gasteiger partial charge < -0.3 is 24.8 Å². The molecular weight excluding hydrogens is 424 g/mol. The van der Waals surface area contributed by atoms with E-state index in [2.05, 4.69) is 34.3 Å². The average molecular weight is 455 g/mol. The fourth-order valence-electron chi connectivity index (χ4n) is 3.38. The average Bonchev–Trinajstić information content (AvgIpc) is 3.27. The molecule has 9 nitrogen and oxygen atoms in total. The summed E-state index contributed by atoms with van der Waals surface area (Å²) in [6, 6.07) is 7.69. The second-order valence-corrected chi connectivity index (χ2v) is 8.43. The Balaban J connectivity index is 1.68. The molecule has 3 N–H and O–H groups in total. The van der Waals surface area contributed by atoms with Crippen LogP contribution < -0.4 is 10.1 Å². The number of hydrogen-bond acceptors (Lipinski definition) is 8. The third-order valence-corrected chi connectivity index (χ3v) is 4.93. The first-order chi connectivity index (χ1) is 15.8. The molecule has 9 heteroatoms. The molecule has 0 saturated carbocycles. The summed E-state index contributed by atoms with van der Waals surface area (Å²) in [6.45, 7) is 7.47. The summed E-state index contributed by atoms with van der Waals surface area (Å²) >= 11 is 0. The van der Waals surface area contributed by atoms with Gasteiger partial charge in [-0.05, 0) is 61.6 Å². The first-order valence-corrected chi connectivity index (χ1v) is 10.9. The standard InChI is InChI=1S/C24H30N4O5/c1-14(2)7-19-6-5-17(10-25-19)24-27-23(28-33-24)18-8-15(3)22(16(4)9-18)32-13-20(30)11-26-21(31)12-29/h5-6,8-10,14,20,29-30H,7,11-13H2,1-4H3,(H,26,31)/t20-/m0/s1. The monoisotopic (exact) mass is 454 g/mol. The van der Waals surface area contributed by atoms with Gasteiger partial charge in [-0.1, -0.05) is 19.0 Å². The summed E-state index contributed by atoms with van der Waals surface area (Å²) in [6.07, 6.45) is 1.76. The molecule has 0 radical (unpaired) electrons. The molecule has 2 aromatic heterocycles. The fourth-order valence-corrected chi connectivity index (χ4v) is 3.38. The van der Waals surface area contributed by atoms with E-state index in [0.29, 0.717) is 23.4 Å². The largest absolute Gasteiger partial charge is 0.490 e. The molecule has 0 fully saturated rings. The van der Waals surface area contributed by atoms with Crippen LogP contribution >= 0.6 is 0 Å². The van der Waals surface area contributed by atoms with Gasteiger partial charge in [0.2, 0.25) is 11.7 Å². The van der Waals surface area contributed by atoms with Crippen molar-refractivity contribution in [2.24, 2.45) is 5.92 Å². The first-order valence-electron chi connectivity index (χ1n) is 10.9. The highest BCUT2D eigenvalue weighted by Gasteiger charge is 2.16. The van der Waals surface area contributed by atoms with Gasteiger partial charge in [0, 0.05) is 24.0 Å². The molecular formula is C24H30N4O5. The topological polar surface area (TPSA) is 131 Å². The Morgan fingerprint density at radius 2 is 1.91 bits per heavy atom. The van der Waals surface area contributed by atoms with E-state index in [1.54, 1.807) is 6.20 Å². The molecule has 1 atom stereocenters. The van der Waals surface area contributed by atoms with E-state index in [4.69, 9.17) is 14.4 Å². The minimum absolute atomic E-state index is 0.00109. The summed E-state index contributed by atoms with van der Waals surface area (Å²) in [5.74, 6) is 1.48. The maximum Gasteiger partial charge on any atom is 0.259 e. The molecule has 3 rings (SSSR count). The lowest BCUT2D eigenvalue weighted by atomic mass is 10.1. The number of aliphatic hydroxyl groups excluding tert-OH is 2. The van der Waals surface area contributed by atoms with E-state index in [0.717, 1.165) is 34.4 Å². The number of carbonyl (C=O) groups excluding carboxylic acids is 1. The number of nitrogens with one attached hydrogen (secondary N) is 1. The number of aliphatic hydroxyl groups is 2. The molecule has 0 aliphatic heterocycles. The van der Waals surface area contributed by atoms with Crippen LogP contribution in [0.1, 0.15) is 30.7 Å². The lowest BCUT2D eigenvalue weighted by molar-refractivity contribution is -0.124. The highest BCUT2D eigenvalue weighted by molar-refractivity contribution is 5.76. The molecule has 0 spiro atoms. The van der Waals surface area contributed by atoms with Crippen molar-refractivity contribution in [3.8, 4) is 28.6 Å². The number of aryl methyl sites for hydroxylation is 2. The third-order valence-electron chi connectivity index (χ3n) is 4.93. The zero-order chi connectivity index (χ0) is 24.0. The molecule has 1 aromatic carbocycles. The number of hydrogen-bond donors (Lipinski definition) is 3. The van der Waals surface area contributed by atoms with Crippen molar-refractivity contribution in [1.82, 2.24) is 20.4 Å². The van der Waals surface area contributed by atoms with Crippen molar-refractivity contribution < 1.29 is 24.3 Å². The molecule has 0 aliphatic carbocycles. The van der Waals surface area contributed by atoms with Gasteiger partial charge >= 0.3 is 0 Å². The van der Waals surface area contributed by atoms with Crippen molar-refractivity contribution in [1.29, 1.82) is 0 Å². The van der Waals surface area contributed by atoms with Crippen molar-refractivity contribution in [2.75, 3.05) is 19.8 Å². The number of benzene rings is 1. The number of ether oxygens (including phenoxy) is 1. The summed E-state index contributed by atoms with van der Waals surface area (Å²) < 4.78 is 11.2. The summed E-state index contributed by atoms with van der Waals surface area (Å²) in [5, 5.41) is 25.2. The fraction of sp³-hybridized carbons (Fsp3) is 0.417. The SMILES string of the molecule is Cc1cc(-c2noc(-c3ccc(CC(C)C)nc3)n2)cc(C)c1OC[C@@H](O)CNC(=O)CO. The third kappa shape index (κ3) is 6.59. The van der Waals surface area contributed by atoms with E-state index >= 15 is 0 Å². The number of rotatable bonds is 10. The minimum atomic E-state index is -0.903. The predicted octanol–water partition coefficient (Wildman–Crippen LogP) is 2.46. The Kier molecular flexibility index (Phi) is 8.13. The Hall–Kier alpha value is -3.30. The molecule has 1 amide bonds. The Morgan fingerprint density at radius 3 is 2.52 bits per heavy atom. The summed E-state index contributed by atoms with van der Waals surface area (Å²) in [5.41, 5.74) is 4.27. The van der Waals surface area contributed by atoms with E-state index in [1.807, 2.05) is 38.1 Å². The van der Waals surface area contributed by atoms with Crippen LogP contribution in [0.3, 0.4) is 0 Å². The van der Waals surface area contributed by atoms with Crippen LogP contribution in [-0.4, -0.2) is 57.1 Å². The van der Waals surface area contributed by atoms with E-state index in [9.17, 15) is 9.90 Å². The van der Waals surface area contributed by atoms with Crippen molar-refractivity contribution in [2.45, 2.75) is 40.2 Å². The van der Waals surface area contributed by atoms with Gasteiger partial charge in [0.15, 0.2) is 0 Å². The predicted molar refractivity (Wildman–Crippen MR) is 123 cm³/mol. The van der Waals surface area contributed by atoms with Gasteiger partial charge in [0.1, 0.15) is 25.1 Å². The maximum atomic E-state index is 11.1. The van der Waals surface area contributed by atoms with Crippen LogP contribution in [0.4, 0.5) is 0 Å². The van der Waals surface area contributed by atoms with Crippen LogP contribution in [0.5, 0.6) is 5.75 Å². The highest BCUT2D eigenvalue weighted by Crippen LogP contribution is 2.30. The van der Waals surface area contributed by atoms with E-state index < -0.39 is 18.6 Å². The maximum absolute atomic E-state index is 11.1. The molecule has 3 aromatic rings. The zero-order valence-corrected chi connectivity index (χ0v) is 19.3. The van der Waals surface area contributed by atoms with Gasteiger partial charge in [-0.3, -0.25) is 9.78 Å². The van der Waals surface area contributed by atoms with Gasteiger partial charge in [0.05, 0.1) is 5.56 Å². The smallest absolute Gasteiger partial charge is 0.259 e. The van der Waals surface area contributed by atoms with Crippen molar-refractivity contribution >= 4 is 5.91 Å². The molecule has 0 unspecified atom stereocenters. The highest BCUT2D eigenvalue weighted by atomic mass is 16.5. The van der Waals surface area contributed by atoms with Crippen LogP contribution in [0.25, 0.3) is 22.8 Å². The van der Waals surface area contributed by atoms with Crippen LogP contribution in [0.2, 0.25) is 0 Å². The van der Waals surface area contributed by atoms with Crippen LogP contribution in [-0.2, 0) is 11.2 Å². The zero-order valence-electron chi connectivity index (χ0n) is 19.3. The normalized spacial score (nSPS) is 12.1. The van der Waals surface area contributed by atoms with Gasteiger partial charge in [-0.25, -0.2) is 0 Å². The summed E-state index contributed by atoms with van der Waals surface area (Å²) in [4.78, 5) is 20.1. The number of carbonyl (C=O) groups is 1. The Labute approximate surface area is 192 Å². The second kappa shape index (κ2) is 11.0.